The number of aromatic nitrogens is 1. The van der Waals surface area contributed by atoms with Gasteiger partial charge in [-0.05, 0) is 38.0 Å². The van der Waals surface area contributed by atoms with Crippen LogP contribution in [0.15, 0.2) is 53.1 Å². The molecule has 1 amide bonds. The number of hydrogen-bond acceptors (Lipinski definition) is 6. The van der Waals surface area contributed by atoms with E-state index in [0.29, 0.717) is 51.0 Å². The van der Waals surface area contributed by atoms with Gasteiger partial charge in [-0.3, -0.25) is 4.79 Å². The van der Waals surface area contributed by atoms with Gasteiger partial charge in [0.1, 0.15) is 11.5 Å². The Kier molecular flexibility index (Phi) is 7.11. The standard InChI is InChI=1S/C27H30FN3O4/c1-19-6-4-7-20(16-19)25-23(27(35-29-25)30-11-14-33-15-12-30)18-31(17-21-8-5-13-34-21)26(32)22-9-2-3-10-24(22)28/h2-4,6-7,9-10,16,21H,5,8,11-15,17-18H2,1H3. The van der Waals surface area contributed by atoms with Crippen molar-refractivity contribution >= 4 is 11.8 Å². The minimum atomic E-state index is -0.535. The smallest absolute Gasteiger partial charge is 0.257 e. The number of rotatable bonds is 7. The molecular weight excluding hydrogens is 449 g/mol. The predicted octanol–water partition coefficient (Wildman–Crippen LogP) is 4.45. The third kappa shape index (κ3) is 5.23. The van der Waals surface area contributed by atoms with Crippen molar-refractivity contribution in [1.82, 2.24) is 10.1 Å². The summed E-state index contributed by atoms with van der Waals surface area (Å²) in [6.45, 7) is 5.82. The highest BCUT2D eigenvalue weighted by atomic mass is 19.1. The first-order valence-electron chi connectivity index (χ1n) is 12.1. The Morgan fingerprint density at radius 3 is 2.71 bits per heavy atom. The predicted molar refractivity (Wildman–Crippen MR) is 130 cm³/mol. The first-order valence-corrected chi connectivity index (χ1v) is 12.1. The number of aryl methyl sites for hydroxylation is 1. The van der Waals surface area contributed by atoms with Gasteiger partial charge in [0.2, 0.25) is 5.88 Å². The van der Waals surface area contributed by atoms with Gasteiger partial charge in [0.15, 0.2) is 0 Å². The molecule has 2 aromatic carbocycles. The lowest BCUT2D eigenvalue weighted by Gasteiger charge is -2.29. The molecule has 8 heteroatoms. The van der Waals surface area contributed by atoms with Crippen LogP contribution in [0, 0.1) is 12.7 Å². The van der Waals surface area contributed by atoms with Crippen LogP contribution in [0.4, 0.5) is 10.3 Å². The molecular formula is C27H30FN3O4. The Labute approximate surface area is 204 Å². The van der Waals surface area contributed by atoms with Crippen LogP contribution in [0.1, 0.15) is 34.3 Å². The van der Waals surface area contributed by atoms with Crippen LogP contribution in [0.25, 0.3) is 11.3 Å². The monoisotopic (exact) mass is 479 g/mol. The van der Waals surface area contributed by atoms with Crippen LogP contribution >= 0.6 is 0 Å². The van der Waals surface area contributed by atoms with Crippen LogP contribution in [-0.4, -0.2) is 61.5 Å². The van der Waals surface area contributed by atoms with E-state index in [4.69, 9.17) is 14.0 Å². The second kappa shape index (κ2) is 10.6. The SMILES string of the molecule is Cc1cccc(-c2noc(N3CCOCC3)c2CN(CC2CCCO2)C(=O)c2ccccc2F)c1. The van der Waals surface area contributed by atoms with E-state index in [2.05, 4.69) is 10.1 Å². The quantitative estimate of drug-likeness (QED) is 0.499. The molecule has 2 saturated heterocycles. The van der Waals surface area contributed by atoms with E-state index < -0.39 is 5.82 Å². The Morgan fingerprint density at radius 2 is 1.97 bits per heavy atom. The average Bonchev–Trinajstić information content (AvgIpc) is 3.54. The summed E-state index contributed by atoms with van der Waals surface area (Å²) < 4.78 is 31.9. The van der Waals surface area contributed by atoms with E-state index >= 15 is 0 Å². The minimum absolute atomic E-state index is 0.0481. The molecule has 0 bridgehead atoms. The topological polar surface area (TPSA) is 68.0 Å². The molecule has 0 N–H and O–H groups in total. The number of carbonyl (C=O) groups is 1. The van der Waals surface area contributed by atoms with E-state index in [1.807, 2.05) is 31.2 Å². The second-order valence-electron chi connectivity index (χ2n) is 9.08. The molecule has 0 spiro atoms. The van der Waals surface area contributed by atoms with Crippen LogP contribution in [-0.2, 0) is 16.0 Å². The Bertz CT molecular complexity index is 1170. The molecule has 184 valence electrons. The molecule has 0 saturated carbocycles. The molecule has 3 aromatic rings. The van der Waals surface area contributed by atoms with Crippen molar-refractivity contribution in [2.45, 2.75) is 32.4 Å². The first-order chi connectivity index (χ1) is 17.1. The summed E-state index contributed by atoms with van der Waals surface area (Å²) in [5, 5.41) is 4.44. The molecule has 7 nitrogen and oxygen atoms in total. The number of anilines is 1. The summed E-state index contributed by atoms with van der Waals surface area (Å²) in [6, 6.07) is 14.1. The maximum atomic E-state index is 14.6. The lowest BCUT2D eigenvalue weighted by atomic mass is 10.0. The number of amides is 1. The molecule has 1 aromatic heterocycles. The maximum absolute atomic E-state index is 14.6. The summed E-state index contributed by atoms with van der Waals surface area (Å²) in [4.78, 5) is 17.4. The van der Waals surface area contributed by atoms with Crippen LogP contribution in [0.3, 0.4) is 0 Å². The van der Waals surface area contributed by atoms with E-state index in [1.165, 1.54) is 12.1 Å². The summed E-state index contributed by atoms with van der Waals surface area (Å²) in [7, 11) is 0. The minimum Gasteiger partial charge on any atom is -0.378 e. The highest BCUT2D eigenvalue weighted by Gasteiger charge is 2.30. The van der Waals surface area contributed by atoms with Gasteiger partial charge in [-0.2, -0.15) is 0 Å². The molecule has 2 aliphatic heterocycles. The molecule has 2 fully saturated rings. The Balaban J connectivity index is 1.54. The molecule has 35 heavy (non-hydrogen) atoms. The summed E-state index contributed by atoms with van der Waals surface area (Å²) in [6.07, 6.45) is 1.73. The Hall–Kier alpha value is -3.23. The van der Waals surface area contributed by atoms with Crippen molar-refractivity contribution in [3.8, 4) is 11.3 Å². The summed E-state index contributed by atoms with van der Waals surface area (Å²) in [5.74, 6) is -0.279. The Morgan fingerprint density at radius 1 is 1.14 bits per heavy atom. The zero-order valence-electron chi connectivity index (χ0n) is 19.9. The number of ether oxygens (including phenoxy) is 2. The zero-order chi connectivity index (χ0) is 24.2. The van der Waals surface area contributed by atoms with Crippen molar-refractivity contribution in [2.75, 3.05) is 44.4 Å². The number of halogens is 1. The van der Waals surface area contributed by atoms with Gasteiger partial charge < -0.3 is 23.8 Å². The number of benzene rings is 2. The van der Waals surface area contributed by atoms with E-state index in [1.54, 1.807) is 17.0 Å². The number of hydrogen-bond donors (Lipinski definition) is 0. The lowest BCUT2D eigenvalue weighted by molar-refractivity contribution is 0.0503. The summed E-state index contributed by atoms with van der Waals surface area (Å²) in [5.41, 5.74) is 3.56. The van der Waals surface area contributed by atoms with E-state index in [-0.39, 0.29) is 24.1 Å². The molecule has 1 unspecified atom stereocenters. The maximum Gasteiger partial charge on any atom is 0.257 e. The molecule has 1 atom stereocenters. The molecule has 2 aliphatic rings. The fourth-order valence-corrected chi connectivity index (χ4v) is 4.73. The van der Waals surface area contributed by atoms with Gasteiger partial charge in [0.05, 0.1) is 37.0 Å². The highest BCUT2D eigenvalue weighted by Crippen LogP contribution is 2.34. The van der Waals surface area contributed by atoms with Gasteiger partial charge in [-0.15, -0.1) is 0 Å². The molecule has 0 aliphatic carbocycles. The lowest BCUT2D eigenvalue weighted by Crippen LogP contribution is -2.39. The van der Waals surface area contributed by atoms with Crippen molar-refractivity contribution in [2.24, 2.45) is 0 Å². The van der Waals surface area contributed by atoms with Gasteiger partial charge in [0, 0.05) is 31.8 Å². The molecule has 3 heterocycles. The average molecular weight is 480 g/mol. The van der Waals surface area contributed by atoms with Gasteiger partial charge in [-0.25, -0.2) is 4.39 Å². The van der Waals surface area contributed by atoms with Crippen molar-refractivity contribution < 1.29 is 23.2 Å². The molecule has 5 rings (SSSR count). The third-order valence-corrected chi connectivity index (χ3v) is 6.55. The van der Waals surface area contributed by atoms with Crippen molar-refractivity contribution in [3.05, 3.63) is 71.0 Å². The largest absolute Gasteiger partial charge is 0.378 e. The van der Waals surface area contributed by atoms with Crippen LogP contribution < -0.4 is 4.90 Å². The first kappa shape index (κ1) is 23.5. The highest BCUT2D eigenvalue weighted by molar-refractivity contribution is 5.94. The van der Waals surface area contributed by atoms with E-state index in [9.17, 15) is 9.18 Å². The fourth-order valence-electron chi connectivity index (χ4n) is 4.73. The number of morpholine rings is 1. The van der Waals surface area contributed by atoms with E-state index in [0.717, 1.165) is 29.5 Å². The normalized spacial score (nSPS) is 18.1. The van der Waals surface area contributed by atoms with Crippen molar-refractivity contribution in [3.63, 3.8) is 0 Å². The van der Waals surface area contributed by atoms with Gasteiger partial charge in [-0.1, -0.05) is 41.1 Å². The van der Waals surface area contributed by atoms with Crippen LogP contribution in [0.5, 0.6) is 0 Å². The van der Waals surface area contributed by atoms with Gasteiger partial charge >= 0.3 is 0 Å². The number of nitrogens with zero attached hydrogens (tertiary/aromatic N) is 3. The molecule has 0 radical (unpaired) electrons. The third-order valence-electron chi connectivity index (χ3n) is 6.55. The second-order valence-corrected chi connectivity index (χ2v) is 9.08. The zero-order valence-corrected chi connectivity index (χ0v) is 19.9. The van der Waals surface area contributed by atoms with Crippen LogP contribution in [0.2, 0.25) is 0 Å². The number of carbonyl (C=O) groups excluding carboxylic acids is 1. The van der Waals surface area contributed by atoms with Crippen molar-refractivity contribution in [1.29, 1.82) is 0 Å². The van der Waals surface area contributed by atoms with Gasteiger partial charge in [0.25, 0.3) is 5.91 Å². The summed E-state index contributed by atoms with van der Waals surface area (Å²) >= 11 is 0. The fraction of sp³-hybridized carbons (Fsp3) is 0.407.